The number of hydrogen-bond donors (Lipinski definition) is 1. The van der Waals surface area contributed by atoms with Gasteiger partial charge in [0.25, 0.3) is 0 Å². The second-order valence-electron chi connectivity index (χ2n) is 8.79. The summed E-state index contributed by atoms with van der Waals surface area (Å²) in [6, 6.07) is 23.5. The van der Waals surface area contributed by atoms with Crippen LogP contribution in [0, 0.1) is 6.92 Å². The van der Waals surface area contributed by atoms with E-state index in [-0.39, 0.29) is 5.41 Å². The van der Waals surface area contributed by atoms with Gasteiger partial charge in [-0.3, -0.25) is 0 Å². The molecule has 150 valence electrons. The van der Waals surface area contributed by atoms with E-state index in [1.54, 1.807) is 0 Å². The number of benzene rings is 3. The third-order valence-electron chi connectivity index (χ3n) is 5.62. The molecule has 0 radical (unpaired) electrons. The standard InChI is InChI=1S/C28H28N2/c1-6-20-17-21(12-11-19(20)2)26-18-29-27(25-10-8-7-9-24(25)26)30-23-15-13-22(14-16-23)28(3,4)5/h6-18H,1H2,2-5H3,(H,29,30). The zero-order valence-corrected chi connectivity index (χ0v) is 18.2. The first-order valence-corrected chi connectivity index (χ1v) is 10.4. The van der Waals surface area contributed by atoms with Crippen molar-refractivity contribution in [3.63, 3.8) is 0 Å². The lowest BCUT2D eigenvalue weighted by Crippen LogP contribution is -2.10. The van der Waals surface area contributed by atoms with Crippen LogP contribution in [-0.2, 0) is 5.41 Å². The van der Waals surface area contributed by atoms with Crippen molar-refractivity contribution in [2.45, 2.75) is 33.1 Å². The number of aryl methyl sites for hydroxylation is 1. The normalized spacial score (nSPS) is 11.5. The van der Waals surface area contributed by atoms with Gasteiger partial charge in [0.2, 0.25) is 0 Å². The molecular weight excluding hydrogens is 364 g/mol. The van der Waals surface area contributed by atoms with Gasteiger partial charge in [0.15, 0.2) is 0 Å². The zero-order valence-electron chi connectivity index (χ0n) is 18.2. The first-order chi connectivity index (χ1) is 14.4. The van der Waals surface area contributed by atoms with Crippen molar-refractivity contribution in [3.05, 3.63) is 96.2 Å². The molecule has 0 bridgehead atoms. The number of nitrogens with zero attached hydrogens (tertiary/aromatic N) is 1. The summed E-state index contributed by atoms with van der Waals surface area (Å²) in [4.78, 5) is 4.79. The molecule has 0 amide bonds. The molecule has 0 aliphatic heterocycles. The average molecular weight is 393 g/mol. The number of aromatic nitrogens is 1. The fraction of sp³-hybridized carbons (Fsp3) is 0.179. The van der Waals surface area contributed by atoms with Gasteiger partial charge in [0.1, 0.15) is 5.82 Å². The Labute approximate surface area is 179 Å². The minimum Gasteiger partial charge on any atom is -0.340 e. The molecule has 0 saturated carbocycles. The summed E-state index contributed by atoms with van der Waals surface area (Å²) in [5.41, 5.74) is 7.16. The summed E-state index contributed by atoms with van der Waals surface area (Å²) in [6.45, 7) is 12.7. The van der Waals surface area contributed by atoms with Crippen LogP contribution in [0.4, 0.5) is 11.5 Å². The van der Waals surface area contributed by atoms with Crippen LogP contribution in [0.5, 0.6) is 0 Å². The van der Waals surface area contributed by atoms with Crippen molar-refractivity contribution < 1.29 is 0 Å². The molecule has 1 heterocycles. The summed E-state index contributed by atoms with van der Waals surface area (Å²) in [6.07, 6.45) is 3.87. The van der Waals surface area contributed by atoms with Gasteiger partial charge in [0.05, 0.1) is 0 Å². The SMILES string of the molecule is C=Cc1cc(-c2cnc(Nc3ccc(C(C)(C)C)cc3)c3ccccc23)ccc1C. The van der Waals surface area contributed by atoms with Crippen molar-refractivity contribution in [2.75, 3.05) is 5.32 Å². The highest BCUT2D eigenvalue weighted by atomic mass is 15.0. The smallest absolute Gasteiger partial charge is 0.138 e. The molecule has 0 atom stereocenters. The largest absolute Gasteiger partial charge is 0.340 e. The highest BCUT2D eigenvalue weighted by Crippen LogP contribution is 2.34. The van der Waals surface area contributed by atoms with Gasteiger partial charge >= 0.3 is 0 Å². The molecule has 0 aliphatic rings. The van der Waals surface area contributed by atoms with Crippen LogP contribution in [-0.4, -0.2) is 4.98 Å². The third kappa shape index (κ3) is 3.86. The summed E-state index contributed by atoms with van der Waals surface area (Å²) in [7, 11) is 0. The fourth-order valence-corrected chi connectivity index (χ4v) is 3.74. The fourth-order valence-electron chi connectivity index (χ4n) is 3.74. The molecule has 0 unspecified atom stereocenters. The Balaban J connectivity index is 1.75. The Hall–Kier alpha value is -3.39. The Morgan fingerprint density at radius 1 is 0.900 bits per heavy atom. The van der Waals surface area contributed by atoms with E-state index in [0.717, 1.165) is 33.6 Å². The van der Waals surface area contributed by atoms with Gasteiger partial charge in [0, 0.05) is 22.8 Å². The number of anilines is 2. The predicted octanol–water partition coefficient (Wildman–Crippen LogP) is 7.89. The molecular formula is C28H28N2. The van der Waals surface area contributed by atoms with Gasteiger partial charge in [-0.1, -0.05) is 82.0 Å². The van der Waals surface area contributed by atoms with Gasteiger partial charge in [-0.2, -0.15) is 0 Å². The number of hydrogen-bond acceptors (Lipinski definition) is 2. The maximum atomic E-state index is 4.79. The Morgan fingerprint density at radius 2 is 1.60 bits per heavy atom. The second kappa shape index (κ2) is 7.79. The third-order valence-corrected chi connectivity index (χ3v) is 5.62. The van der Waals surface area contributed by atoms with Gasteiger partial charge in [-0.05, 0) is 58.2 Å². The quantitative estimate of drug-likeness (QED) is 0.382. The van der Waals surface area contributed by atoms with E-state index in [0.29, 0.717) is 0 Å². The van der Waals surface area contributed by atoms with Crippen LogP contribution in [0.3, 0.4) is 0 Å². The van der Waals surface area contributed by atoms with Crippen LogP contribution in [0.15, 0.2) is 79.5 Å². The van der Waals surface area contributed by atoms with Crippen molar-refractivity contribution in [1.29, 1.82) is 0 Å². The molecule has 2 heteroatoms. The molecule has 3 aromatic carbocycles. The van der Waals surface area contributed by atoms with Crippen LogP contribution in [0.1, 0.15) is 37.5 Å². The van der Waals surface area contributed by atoms with E-state index in [1.807, 2.05) is 12.3 Å². The highest BCUT2D eigenvalue weighted by Gasteiger charge is 2.14. The maximum Gasteiger partial charge on any atom is 0.138 e. The Bertz CT molecular complexity index is 1210. The van der Waals surface area contributed by atoms with E-state index in [4.69, 9.17) is 4.98 Å². The first kappa shape index (κ1) is 19.9. The minimum absolute atomic E-state index is 0.142. The molecule has 4 aromatic rings. The van der Waals surface area contributed by atoms with Crippen LogP contribution >= 0.6 is 0 Å². The molecule has 0 aliphatic carbocycles. The second-order valence-corrected chi connectivity index (χ2v) is 8.79. The molecule has 4 rings (SSSR count). The average Bonchev–Trinajstić information content (AvgIpc) is 2.74. The van der Waals surface area contributed by atoms with E-state index in [9.17, 15) is 0 Å². The van der Waals surface area contributed by atoms with Crippen molar-refractivity contribution >= 4 is 28.4 Å². The lowest BCUT2D eigenvalue weighted by Gasteiger charge is -2.19. The molecule has 0 spiro atoms. The van der Waals surface area contributed by atoms with Crippen molar-refractivity contribution in [2.24, 2.45) is 0 Å². The zero-order chi connectivity index (χ0) is 21.3. The van der Waals surface area contributed by atoms with Crippen LogP contribution in [0.25, 0.3) is 28.0 Å². The highest BCUT2D eigenvalue weighted by molar-refractivity contribution is 6.02. The van der Waals surface area contributed by atoms with Crippen molar-refractivity contribution in [3.8, 4) is 11.1 Å². The van der Waals surface area contributed by atoms with E-state index in [1.165, 1.54) is 16.5 Å². The summed E-state index contributed by atoms with van der Waals surface area (Å²) < 4.78 is 0. The van der Waals surface area contributed by atoms with Crippen LogP contribution in [0.2, 0.25) is 0 Å². The maximum absolute atomic E-state index is 4.79. The molecule has 30 heavy (non-hydrogen) atoms. The number of nitrogens with one attached hydrogen (secondary N) is 1. The summed E-state index contributed by atoms with van der Waals surface area (Å²) >= 11 is 0. The molecule has 1 aromatic heterocycles. The Morgan fingerprint density at radius 3 is 2.27 bits per heavy atom. The lowest BCUT2D eigenvalue weighted by atomic mass is 9.87. The van der Waals surface area contributed by atoms with E-state index >= 15 is 0 Å². The van der Waals surface area contributed by atoms with Gasteiger partial charge in [-0.15, -0.1) is 0 Å². The number of rotatable bonds is 4. The molecule has 0 saturated heterocycles. The van der Waals surface area contributed by atoms with E-state index in [2.05, 4.69) is 106 Å². The van der Waals surface area contributed by atoms with Gasteiger partial charge in [-0.25, -0.2) is 4.98 Å². The molecule has 1 N–H and O–H groups in total. The predicted molar refractivity (Wildman–Crippen MR) is 130 cm³/mol. The van der Waals surface area contributed by atoms with Gasteiger partial charge < -0.3 is 5.32 Å². The molecule has 0 fully saturated rings. The summed E-state index contributed by atoms with van der Waals surface area (Å²) in [5.74, 6) is 0.869. The number of fused-ring (bicyclic) bond motifs is 1. The first-order valence-electron chi connectivity index (χ1n) is 10.4. The Kier molecular flexibility index (Phi) is 5.17. The van der Waals surface area contributed by atoms with Crippen molar-refractivity contribution in [1.82, 2.24) is 4.98 Å². The van der Waals surface area contributed by atoms with E-state index < -0.39 is 0 Å². The minimum atomic E-state index is 0.142. The lowest BCUT2D eigenvalue weighted by molar-refractivity contribution is 0.590. The monoisotopic (exact) mass is 392 g/mol. The van der Waals surface area contributed by atoms with Crippen LogP contribution < -0.4 is 5.32 Å². The number of pyridine rings is 1. The summed E-state index contributed by atoms with van der Waals surface area (Å²) in [5, 5.41) is 5.80. The topological polar surface area (TPSA) is 24.9 Å². The molecule has 2 nitrogen and oxygen atoms in total.